The Morgan fingerprint density at radius 1 is 1.03 bits per heavy atom. The van der Waals surface area contributed by atoms with E-state index in [1.165, 1.54) is 6.21 Å². The molecule has 10 heteroatoms. The number of hydrogen-bond acceptors (Lipinski definition) is 5. The Labute approximate surface area is 215 Å². The average molecular weight is 565 g/mol. The molecular weight excluding hydrogens is 545 g/mol. The van der Waals surface area contributed by atoms with Crippen molar-refractivity contribution in [2.45, 2.75) is 13.5 Å². The molecule has 176 valence electrons. The molecule has 2 amide bonds. The number of halogens is 3. The molecule has 34 heavy (non-hydrogen) atoms. The molecule has 0 aromatic heterocycles. The lowest BCUT2D eigenvalue weighted by molar-refractivity contribution is -0.136. The van der Waals surface area contributed by atoms with E-state index in [-0.39, 0.29) is 0 Å². The first-order chi connectivity index (χ1) is 16.4. The minimum absolute atomic E-state index is 0.318. The first-order valence-electron chi connectivity index (χ1n) is 10.1. The summed E-state index contributed by atoms with van der Waals surface area (Å²) in [4.78, 5) is 24.1. The normalized spacial score (nSPS) is 10.7. The van der Waals surface area contributed by atoms with Crippen LogP contribution in [0.25, 0.3) is 0 Å². The summed E-state index contributed by atoms with van der Waals surface area (Å²) in [6.45, 7) is 2.60. The molecule has 7 nitrogen and oxygen atoms in total. The van der Waals surface area contributed by atoms with Gasteiger partial charge in [-0.3, -0.25) is 9.59 Å². The number of rotatable bonds is 8. The van der Waals surface area contributed by atoms with Crippen LogP contribution >= 0.6 is 39.1 Å². The molecule has 0 saturated heterocycles. The van der Waals surface area contributed by atoms with Crippen LogP contribution in [0.4, 0.5) is 5.69 Å². The molecule has 0 saturated carbocycles. The molecule has 0 unspecified atom stereocenters. The van der Waals surface area contributed by atoms with E-state index in [0.29, 0.717) is 50.5 Å². The highest BCUT2D eigenvalue weighted by Crippen LogP contribution is 2.37. The van der Waals surface area contributed by atoms with Crippen molar-refractivity contribution in [3.8, 4) is 11.5 Å². The molecule has 0 bridgehead atoms. The fourth-order valence-corrected chi connectivity index (χ4v) is 3.64. The summed E-state index contributed by atoms with van der Waals surface area (Å²) >= 11 is 15.4. The fraction of sp³-hybridized carbons (Fsp3) is 0.125. The highest BCUT2D eigenvalue weighted by Gasteiger charge is 2.15. The maximum atomic E-state index is 12.0. The standard InChI is InChI=1S/C24H20BrCl2N3O4/c1-2-33-21-12-16(11-18(25)22(21)34-14-15-7-9-17(26)10-8-15)13-28-30-24(32)23(31)29-20-6-4-3-5-19(20)27/h3-13H,2,14H2,1H3,(H,29,31)(H,30,32)/b28-13+. The van der Waals surface area contributed by atoms with Gasteiger partial charge in [0.25, 0.3) is 0 Å². The average Bonchev–Trinajstić information content (AvgIpc) is 2.81. The third kappa shape index (κ3) is 7.21. The van der Waals surface area contributed by atoms with Crippen molar-refractivity contribution in [1.82, 2.24) is 5.43 Å². The van der Waals surface area contributed by atoms with Gasteiger partial charge in [-0.15, -0.1) is 0 Å². The highest BCUT2D eigenvalue weighted by molar-refractivity contribution is 9.10. The van der Waals surface area contributed by atoms with Gasteiger partial charge in [-0.1, -0.05) is 47.5 Å². The number of ether oxygens (including phenoxy) is 2. The lowest BCUT2D eigenvalue weighted by atomic mass is 10.2. The van der Waals surface area contributed by atoms with Gasteiger partial charge in [-0.25, -0.2) is 5.43 Å². The Bertz CT molecular complexity index is 1200. The van der Waals surface area contributed by atoms with Gasteiger partial charge in [0.2, 0.25) is 0 Å². The summed E-state index contributed by atoms with van der Waals surface area (Å²) < 4.78 is 12.3. The number of carbonyl (C=O) groups is 2. The van der Waals surface area contributed by atoms with Crippen molar-refractivity contribution in [2.24, 2.45) is 5.10 Å². The minimum Gasteiger partial charge on any atom is -0.490 e. The number of amides is 2. The third-order valence-electron chi connectivity index (χ3n) is 4.34. The number of nitrogens with one attached hydrogen (secondary N) is 2. The Morgan fingerprint density at radius 2 is 1.76 bits per heavy atom. The van der Waals surface area contributed by atoms with Gasteiger partial charge >= 0.3 is 11.8 Å². The molecule has 0 fully saturated rings. The SMILES string of the molecule is CCOc1cc(/C=N/NC(=O)C(=O)Nc2ccccc2Cl)cc(Br)c1OCc1ccc(Cl)cc1. The van der Waals surface area contributed by atoms with Gasteiger partial charge in [0, 0.05) is 5.02 Å². The topological polar surface area (TPSA) is 89.0 Å². The monoisotopic (exact) mass is 563 g/mol. The molecule has 3 aromatic carbocycles. The second-order valence-corrected chi connectivity index (χ2v) is 8.51. The van der Waals surface area contributed by atoms with E-state index in [1.54, 1.807) is 48.5 Å². The second kappa shape index (κ2) is 12.4. The predicted molar refractivity (Wildman–Crippen MR) is 137 cm³/mol. The van der Waals surface area contributed by atoms with Crippen LogP contribution in [0, 0.1) is 0 Å². The smallest absolute Gasteiger partial charge is 0.329 e. The Balaban J connectivity index is 1.65. The maximum absolute atomic E-state index is 12.0. The van der Waals surface area contributed by atoms with Crippen molar-refractivity contribution in [3.63, 3.8) is 0 Å². The quantitative estimate of drug-likeness (QED) is 0.205. The summed E-state index contributed by atoms with van der Waals surface area (Å²) in [6.07, 6.45) is 1.39. The van der Waals surface area contributed by atoms with Gasteiger partial charge in [0.1, 0.15) is 6.61 Å². The van der Waals surface area contributed by atoms with Crippen molar-refractivity contribution in [3.05, 3.63) is 86.3 Å². The molecule has 3 rings (SSSR count). The van der Waals surface area contributed by atoms with Gasteiger partial charge in [0.15, 0.2) is 11.5 Å². The zero-order valence-corrected chi connectivity index (χ0v) is 21.1. The van der Waals surface area contributed by atoms with Crippen LogP contribution in [0.15, 0.2) is 70.2 Å². The van der Waals surface area contributed by atoms with E-state index in [4.69, 9.17) is 32.7 Å². The molecular formula is C24H20BrCl2N3O4. The van der Waals surface area contributed by atoms with Crippen LogP contribution < -0.4 is 20.2 Å². The summed E-state index contributed by atoms with van der Waals surface area (Å²) in [6, 6.07) is 17.4. The number of benzene rings is 3. The van der Waals surface area contributed by atoms with Gasteiger partial charge < -0.3 is 14.8 Å². The maximum Gasteiger partial charge on any atom is 0.329 e. The number of hydrazone groups is 1. The molecule has 0 aliphatic rings. The Hall–Kier alpha value is -3.07. The molecule has 0 aliphatic carbocycles. The molecule has 0 atom stereocenters. The number of para-hydroxylation sites is 1. The summed E-state index contributed by atoms with van der Waals surface area (Å²) in [5.41, 5.74) is 4.07. The van der Waals surface area contributed by atoms with E-state index >= 15 is 0 Å². The van der Waals surface area contributed by atoms with Gasteiger partial charge in [0.05, 0.1) is 28.0 Å². The van der Waals surface area contributed by atoms with E-state index in [0.717, 1.165) is 5.56 Å². The predicted octanol–water partition coefficient (Wildman–Crippen LogP) is 5.82. The van der Waals surface area contributed by atoms with Crippen LogP contribution in [0.5, 0.6) is 11.5 Å². The van der Waals surface area contributed by atoms with E-state index in [1.807, 2.05) is 19.1 Å². The minimum atomic E-state index is -0.941. The first-order valence-corrected chi connectivity index (χ1v) is 11.6. The van der Waals surface area contributed by atoms with Crippen LogP contribution in [0.1, 0.15) is 18.1 Å². The first kappa shape index (κ1) is 25.6. The number of carbonyl (C=O) groups excluding carboxylic acids is 2. The van der Waals surface area contributed by atoms with Crippen LogP contribution in [0.3, 0.4) is 0 Å². The van der Waals surface area contributed by atoms with E-state index in [2.05, 4.69) is 31.8 Å². The zero-order chi connectivity index (χ0) is 24.5. The fourth-order valence-electron chi connectivity index (χ4n) is 2.76. The van der Waals surface area contributed by atoms with Gasteiger partial charge in [-0.2, -0.15) is 5.10 Å². The summed E-state index contributed by atoms with van der Waals surface area (Å²) in [5, 5.41) is 7.24. The van der Waals surface area contributed by atoms with Crippen LogP contribution in [-0.4, -0.2) is 24.6 Å². The Kier molecular flexibility index (Phi) is 9.33. The highest BCUT2D eigenvalue weighted by atomic mass is 79.9. The van der Waals surface area contributed by atoms with Crippen molar-refractivity contribution >= 4 is 62.8 Å². The van der Waals surface area contributed by atoms with Gasteiger partial charge in [-0.05, 0) is 70.4 Å². The number of nitrogens with zero attached hydrogens (tertiary/aromatic N) is 1. The molecule has 3 aromatic rings. The van der Waals surface area contributed by atoms with E-state index in [9.17, 15) is 9.59 Å². The van der Waals surface area contributed by atoms with Crippen LogP contribution in [0.2, 0.25) is 10.0 Å². The molecule has 0 aliphatic heterocycles. The lowest BCUT2D eigenvalue weighted by Crippen LogP contribution is -2.32. The van der Waals surface area contributed by atoms with Crippen LogP contribution in [-0.2, 0) is 16.2 Å². The molecule has 0 heterocycles. The Morgan fingerprint density at radius 3 is 2.47 bits per heavy atom. The summed E-state index contributed by atoms with van der Waals surface area (Å²) in [7, 11) is 0. The van der Waals surface area contributed by atoms with Crippen molar-refractivity contribution in [2.75, 3.05) is 11.9 Å². The molecule has 2 N–H and O–H groups in total. The molecule has 0 radical (unpaired) electrons. The number of anilines is 1. The van der Waals surface area contributed by atoms with Crippen molar-refractivity contribution in [1.29, 1.82) is 0 Å². The van der Waals surface area contributed by atoms with E-state index < -0.39 is 11.8 Å². The molecule has 0 spiro atoms. The largest absolute Gasteiger partial charge is 0.490 e. The summed E-state index contributed by atoms with van der Waals surface area (Å²) in [5.74, 6) is -0.817. The number of hydrogen-bond donors (Lipinski definition) is 2. The second-order valence-electron chi connectivity index (χ2n) is 6.81. The van der Waals surface area contributed by atoms with Crippen molar-refractivity contribution < 1.29 is 19.1 Å². The lowest BCUT2D eigenvalue weighted by Gasteiger charge is -2.14. The third-order valence-corrected chi connectivity index (χ3v) is 5.51. The zero-order valence-electron chi connectivity index (χ0n) is 18.0.